The van der Waals surface area contributed by atoms with Crippen LogP contribution >= 0.6 is 0 Å². The third-order valence-corrected chi connectivity index (χ3v) is 5.71. The average Bonchev–Trinajstić information content (AvgIpc) is 3.31. The number of rotatable bonds is 3. The zero-order valence-electron chi connectivity index (χ0n) is 15.5. The molecule has 0 saturated heterocycles. The summed E-state index contributed by atoms with van der Waals surface area (Å²) in [6.45, 7) is 0.915. The van der Waals surface area contributed by atoms with Crippen LogP contribution in [-0.2, 0) is 13.0 Å². The molecule has 0 bridgehead atoms. The standard InChI is InChI=1S/C18H17F3N6O3/c19-18(20,21)17(29)5-9(6-17)25-16(28)13-11-7-27(4-2-12(11)30-26-13)15-10-1-3-22-14(10)23-8-24-15/h1,3,8-9,29H,2,4-7H2,(H,25,28)(H,22,23,24)/t9-,17-. The van der Waals surface area contributed by atoms with E-state index < -0.39 is 36.6 Å². The van der Waals surface area contributed by atoms with Crippen LogP contribution in [-0.4, -0.2) is 55.5 Å². The van der Waals surface area contributed by atoms with Gasteiger partial charge in [0.05, 0.1) is 11.9 Å². The van der Waals surface area contributed by atoms with Crippen LogP contribution in [0.4, 0.5) is 19.0 Å². The van der Waals surface area contributed by atoms with Gasteiger partial charge < -0.3 is 24.8 Å². The second-order valence-electron chi connectivity index (χ2n) is 7.65. The second-order valence-corrected chi connectivity index (χ2v) is 7.65. The molecule has 0 radical (unpaired) electrons. The maximum absolute atomic E-state index is 12.8. The zero-order valence-corrected chi connectivity index (χ0v) is 15.5. The summed E-state index contributed by atoms with van der Waals surface area (Å²) in [5, 5.41) is 16.7. The highest BCUT2D eigenvalue weighted by Crippen LogP contribution is 2.45. The summed E-state index contributed by atoms with van der Waals surface area (Å²) in [5.41, 5.74) is -1.45. The molecule has 12 heteroatoms. The first-order valence-electron chi connectivity index (χ1n) is 9.35. The van der Waals surface area contributed by atoms with Gasteiger partial charge in [-0.25, -0.2) is 9.97 Å². The van der Waals surface area contributed by atoms with Crippen molar-refractivity contribution in [3.05, 3.63) is 35.6 Å². The lowest BCUT2D eigenvalue weighted by Crippen LogP contribution is -2.62. The number of aromatic nitrogens is 4. The predicted octanol–water partition coefficient (Wildman–Crippen LogP) is 1.69. The van der Waals surface area contributed by atoms with Crippen LogP contribution < -0.4 is 10.2 Å². The maximum Gasteiger partial charge on any atom is 0.417 e. The minimum Gasteiger partial charge on any atom is -0.380 e. The Bertz CT molecular complexity index is 1120. The molecule has 5 rings (SSSR count). The van der Waals surface area contributed by atoms with Crippen LogP contribution in [0, 0.1) is 0 Å². The number of hydrogen-bond acceptors (Lipinski definition) is 7. The quantitative estimate of drug-likeness (QED) is 0.588. The molecule has 158 valence electrons. The van der Waals surface area contributed by atoms with E-state index in [-0.39, 0.29) is 5.69 Å². The third kappa shape index (κ3) is 2.90. The molecule has 3 aromatic heterocycles. The van der Waals surface area contributed by atoms with Gasteiger partial charge in [0.15, 0.2) is 11.3 Å². The van der Waals surface area contributed by atoms with Crippen LogP contribution in [0.3, 0.4) is 0 Å². The number of carbonyl (C=O) groups excluding carboxylic acids is 1. The number of aliphatic hydroxyl groups is 1. The first-order chi connectivity index (χ1) is 14.2. The Morgan fingerprint density at radius 3 is 2.93 bits per heavy atom. The van der Waals surface area contributed by atoms with Gasteiger partial charge in [0.25, 0.3) is 5.91 Å². The van der Waals surface area contributed by atoms with Crippen molar-refractivity contribution in [2.45, 2.75) is 43.6 Å². The Morgan fingerprint density at radius 2 is 2.17 bits per heavy atom. The molecule has 3 aromatic rings. The average molecular weight is 422 g/mol. The zero-order chi connectivity index (χ0) is 21.1. The Balaban J connectivity index is 1.33. The van der Waals surface area contributed by atoms with Crippen LogP contribution in [0.25, 0.3) is 11.0 Å². The van der Waals surface area contributed by atoms with Crippen molar-refractivity contribution in [2.75, 3.05) is 11.4 Å². The Kier molecular flexibility index (Phi) is 4.04. The minimum atomic E-state index is -4.72. The third-order valence-electron chi connectivity index (χ3n) is 5.71. The highest BCUT2D eigenvalue weighted by Gasteiger charge is 2.61. The van der Waals surface area contributed by atoms with Gasteiger partial charge >= 0.3 is 6.18 Å². The van der Waals surface area contributed by atoms with Crippen molar-refractivity contribution in [1.29, 1.82) is 0 Å². The van der Waals surface area contributed by atoms with Crippen molar-refractivity contribution in [1.82, 2.24) is 25.4 Å². The maximum atomic E-state index is 12.8. The Morgan fingerprint density at radius 1 is 1.37 bits per heavy atom. The summed E-state index contributed by atoms with van der Waals surface area (Å²) in [6, 6.07) is 1.08. The van der Waals surface area contributed by atoms with Crippen molar-refractivity contribution in [2.24, 2.45) is 0 Å². The smallest absolute Gasteiger partial charge is 0.380 e. The van der Waals surface area contributed by atoms with E-state index in [0.717, 1.165) is 5.39 Å². The highest BCUT2D eigenvalue weighted by atomic mass is 19.4. The fourth-order valence-electron chi connectivity index (χ4n) is 4.02. The number of anilines is 1. The first kappa shape index (κ1) is 18.9. The largest absolute Gasteiger partial charge is 0.417 e. The van der Waals surface area contributed by atoms with E-state index in [1.165, 1.54) is 6.33 Å². The number of aromatic amines is 1. The fourth-order valence-corrected chi connectivity index (χ4v) is 4.02. The molecule has 9 nitrogen and oxygen atoms in total. The van der Waals surface area contributed by atoms with E-state index >= 15 is 0 Å². The number of nitrogens with zero attached hydrogens (tertiary/aromatic N) is 4. The summed E-state index contributed by atoms with van der Waals surface area (Å²) >= 11 is 0. The summed E-state index contributed by atoms with van der Waals surface area (Å²) < 4.78 is 43.6. The summed E-state index contributed by atoms with van der Waals surface area (Å²) in [6.07, 6.45) is -2.17. The summed E-state index contributed by atoms with van der Waals surface area (Å²) in [7, 11) is 0. The topological polar surface area (TPSA) is 120 Å². The van der Waals surface area contributed by atoms with E-state index in [2.05, 4.69) is 25.4 Å². The fraction of sp³-hybridized carbons (Fsp3) is 0.444. The molecular weight excluding hydrogens is 405 g/mol. The lowest BCUT2D eigenvalue weighted by molar-refractivity contribution is -0.291. The molecular formula is C18H17F3N6O3. The molecule has 1 aliphatic carbocycles. The molecule has 0 atom stereocenters. The minimum absolute atomic E-state index is 0.0384. The van der Waals surface area contributed by atoms with Gasteiger partial charge in [-0.2, -0.15) is 13.2 Å². The predicted molar refractivity (Wildman–Crippen MR) is 96.6 cm³/mol. The number of halogens is 3. The monoisotopic (exact) mass is 422 g/mol. The van der Waals surface area contributed by atoms with E-state index in [1.54, 1.807) is 6.20 Å². The molecule has 1 fully saturated rings. The first-order valence-corrected chi connectivity index (χ1v) is 9.35. The Labute approximate surface area is 167 Å². The van der Waals surface area contributed by atoms with Gasteiger partial charge in [0, 0.05) is 43.6 Å². The van der Waals surface area contributed by atoms with Crippen LogP contribution in [0.5, 0.6) is 0 Å². The van der Waals surface area contributed by atoms with E-state index in [1.807, 2.05) is 11.0 Å². The SMILES string of the molecule is O=C(N[C@H]1C[C@@](O)(C(F)(F)F)C1)c1noc2c1CN(c1ncnc3[nH]ccc13)CC2. The number of amides is 1. The number of nitrogens with one attached hydrogen (secondary N) is 2. The van der Waals surface area contributed by atoms with Gasteiger partial charge in [-0.05, 0) is 6.07 Å². The summed E-state index contributed by atoms with van der Waals surface area (Å²) in [4.78, 5) is 26.1. The molecule has 2 aliphatic rings. The molecule has 0 spiro atoms. The molecule has 0 aromatic carbocycles. The molecule has 4 heterocycles. The van der Waals surface area contributed by atoms with E-state index in [4.69, 9.17) is 4.52 Å². The van der Waals surface area contributed by atoms with Gasteiger partial charge in [-0.15, -0.1) is 0 Å². The van der Waals surface area contributed by atoms with Crippen LogP contribution in [0.2, 0.25) is 0 Å². The summed E-state index contributed by atoms with van der Waals surface area (Å²) in [5.74, 6) is 0.649. The van der Waals surface area contributed by atoms with Crippen LogP contribution in [0.1, 0.15) is 34.7 Å². The van der Waals surface area contributed by atoms with E-state index in [0.29, 0.717) is 42.3 Å². The van der Waals surface area contributed by atoms with Gasteiger partial charge in [0.2, 0.25) is 0 Å². The van der Waals surface area contributed by atoms with Crippen molar-refractivity contribution in [3.63, 3.8) is 0 Å². The van der Waals surface area contributed by atoms with Gasteiger partial charge in [-0.1, -0.05) is 5.16 Å². The Hall–Kier alpha value is -3.15. The lowest BCUT2D eigenvalue weighted by Gasteiger charge is -2.44. The molecule has 0 unspecified atom stereocenters. The lowest BCUT2D eigenvalue weighted by atomic mass is 9.75. The van der Waals surface area contributed by atoms with Crippen molar-refractivity contribution in [3.8, 4) is 0 Å². The number of hydrogen-bond donors (Lipinski definition) is 3. The highest BCUT2D eigenvalue weighted by molar-refractivity contribution is 5.94. The van der Waals surface area contributed by atoms with E-state index in [9.17, 15) is 23.1 Å². The molecule has 1 saturated carbocycles. The number of alkyl halides is 3. The molecule has 1 aliphatic heterocycles. The second kappa shape index (κ2) is 6.42. The van der Waals surface area contributed by atoms with Crippen molar-refractivity contribution < 1.29 is 27.6 Å². The number of fused-ring (bicyclic) bond motifs is 2. The number of carbonyl (C=O) groups is 1. The van der Waals surface area contributed by atoms with Crippen molar-refractivity contribution >= 4 is 22.8 Å². The van der Waals surface area contributed by atoms with Gasteiger partial charge in [0.1, 0.15) is 23.6 Å². The molecule has 1 amide bonds. The van der Waals surface area contributed by atoms with Crippen LogP contribution in [0.15, 0.2) is 23.1 Å². The number of H-pyrrole nitrogens is 1. The normalized spacial score (nSPS) is 23.9. The molecule has 3 N–H and O–H groups in total. The molecule has 30 heavy (non-hydrogen) atoms. The van der Waals surface area contributed by atoms with Gasteiger partial charge in [-0.3, -0.25) is 4.79 Å².